The lowest BCUT2D eigenvalue weighted by atomic mass is 10.2. The van der Waals surface area contributed by atoms with Gasteiger partial charge in [-0.2, -0.15) is 0 Å². The summed E-state index contributed by atoms with van der Waals surface area (Å²) in [5.41, 5.74) is 1.19. The molecule has 0 fully saturated rings. The number of hydrogen-bond donors (Lipinski definition) is 2. The molecule has 126 valence electrons. The molecule has 1 heterocycles. The maximum atomic E-state index is 13.1. The zero-order chi connectivity index (χ0) is 17.8. The van der Waals surface area contributed by atoms with Crippen LogP contribution in [-0.4, -0.2) is 11.8 Å². The van der Waals surface area contributed by atoms with Crippen LogP contribution < -0.4 is 10.6 Å². The lowest BCUT2D eigenvalue weighted by Gasteiger charge is -2.09. The van der Waals surface area contributed by atoms with E-state index in [1.54, 1.807) is 36.4 Å². The summed E-state index contributed by atoms with van der Waals surface area (Å²) >= 11 is 7.23. The molecule has 2 aromatic carbocycles. The van der Waals surface area contributed by atoms with Gasteiger partial charge in [-0.05, 0) is 47.8 Å². The van der Waals surface area contributed by atoms with Crippen LogP contribution in [0.1, 0.15) is 20.0 Å². The lowest BCUT2D eigenvalue weighted by molar-refractivity contribution is 0.102. The fourth-order valence-corrected chi connectivity index (χ4v) is 3.02. The Labute approximate surface area is 152 Å². The Kier molecular flexibility index (Phi) is 5.11. The number of carbonyl (C=O) groups is 2. The van der Waals surface area contributed by atoms with Crippen molar-refractivity contribution in [1.82, 2.24) is 0 Å². The van der Waals surface area contributed by atoms with E-state index in [0.717, 1.165) is 6.07 Å². The molecule has 3 aromatic rings. The van der Waals surface area contributed by atoms with E-state index in [1.807, 2.05) is 5.38 Å². The SMILES string of the molecule is O=C(Nc1cccc(NC(=O)c2ccc(F)cc2Cl)c1)c1cccs1. The molecule has 0 saturated carbocycles. The molecule has 0 aliphatic rings. The van der Waals surface area contributed by atoms with Crippen LogP contribution in [0.15, 0.2) is 60.0 Å². The minimum atomic E-state index is -0.514. The second-order valence-electron chi connectivity index (χ2n) is 5.09. The lowest BCUT2D eigenvalue weighted by Crippen LogP contribution is -2.14. The van der Waals surface area contributed by atoms with Gasteiger partial charge in [0.2, 0.25) is 0 Å². The van der Waals surface area contributed by atoms with E-state index in [9.17, 15) is 14.0 Å². The Bertz CT molecular complexity index is 929. The van der Waals surface area contributed by atoms with Gasteiger partial charge in [0.05, 0.1) is 15.5 Å². The fraction of sp³-hybridized carbons (Fsp3) is 0. The van der Waals surface area contributed by atoms with Crippen LogP contribution in [0.2, 0.25) is 5.02 Å². The molecule has 0 saturated heterocycles. The molecule has 0 unspecified atom stereocenters. The van der Waals surface area contributed by atoms with Crippen LogP contribution in [0.25, 0.3) is 0 Å². The van der Waals surface area contributed by atoms with Crippen LogP contribution in [-0.2, 0) is 0 Å². The highest BCUT2D eigenvalue weighted by Gasteiger charge is 2.12. The van der Waals surface area contributed by atoms with E-state index in [2.05, 4.69) is 10.6 Å². The molecule has 7 heteroatoms. The van der Waals surface area contributed by atoms with Crippen LogP contribution >= 0.6 is 22.9 Å². The van der Waals surface area contributed by atoms with Crippen molar-refractivity contribution in [3.05, 3.63) is 81.3 Å². The highest BCUT2D eigenvalue weighted by atomic mass is 35.5. The first-order chi connectivity index (χ1) is 12.0. The van der Waals surface area contributed by atoms with E-state index >= 15 is 0 Å². The summed E-state index contributed by atoms with van der Waals surface area (Å²) in [5, 5.41) is 7.28. The van der Waals surface area contributed by atoms with Crippen molar-refractivity contribution in [2.45, 2.75) is 0 Å². The summed E-state index contributed by atoms with van der Waals surface area (Å²) in [6, 6.07) is 13.8. The topological polar surface area (TPSA) is 58.2 Å². The van der Waals surface area contributed by atoms with Gasteiger partial charge in [0.1, 0.15) is 5.82 Å². The molecule has 0 aliphatic carbocycles. The zero-order valence-electron chi connectivity index (χ0n) is 12.8. The number of halogens is 2. The van der Waals surface area contributed by atoms with Gasteiger partial charge in [-0.3, -0.25) is 9.59 Å². The zero-order valence-corrected chi connectivity index (χ0v) is 14.3. The van der Waals surface area contributed by atoms with Crippen molar-refractivity contribution < 1.29 is 14.0 Å². The Hall–Kier alpha value is -2.70. The summed E-state index contributed by atoms with van der Waals surface area (Å²) in [5.74, 6) is -1.20. The summed E-state index contributed by atoms with van der Waals surface area (Å²) < 4.78 is 13.1. The molecular formula is C18H12ClFN2O2S. The van der Waals surface area contributed by atoms with Gasteiger partial charge >= 0.3 is 0 Å². The summed E-state index contributed by atoms with van der Waals surface area (Å²) in [6.07, 6.45) is 0. The number of anilines is 2. The number of benzene rings is 2. The van der Waals surface area contributed by atoms with Crippen molar-refractivity contribution in [2.24, 2.45) is 0 Å². The molecule has 0 spiro atoms. The number of amides is 2. The molecule has 0 atom stereocenters. The molecule has 0 radical (unpaired) electrons. The Morgan fingerprint density at radius 1 is 0.920 bits per heavy atom. The summed E-state index contributed by atoms with van der Waals surface area (Å²) in [6.45, 7) is 0. The first kappa shape index (κ1) is 17.1. The monoisotopic (exact) mass is 374 g/mol. The van der Waals surface area contributed by atoms with E-state index in [1.165, 1.54) is 23.5 Å². The van der Waals surface area contributed by atoms with Crippen molar-refractivity contribution in [3.8, 4) is 0 Å². The third kappa shape index (κ3) is 4.23. The van der Waals surface area contributed by atoms with Gasteiger partial charge in [0.25, 0.3) is 11.8 Å². The number of carbonyl (C=O) groups excluding carboxylic acids is 2. The Morgan fingerprint density at radius 2 is 1.64 bits per heavy atom. The van der Waals surface area contributed by atoms with Gasteiger partial charge in [0.15, 0.2) is 0 Å². The average Bonchev–Trinajstić information content (AvgIpc) is 3.09. The molecule has 1 aromatic heterocycles. The smallest absolute Gasteiger partial charge is 0.265 e. The summed E-state index contributed by atoms with van der Waals surface area (Å²) in [7, 11) is 0. The number of nitrogens with one attached hydrogen (secondary N) is 2. The first-order valence-electron chi connectivity index (χ1n) is 7.24. The number of rotatable bonds is 4. The first-order valence-corrected chi connectivity index (χ1v) is 8.50. The molecule has 0 bridgehead atoms. The molecule has 25 heavy (non-hydrogen) atoms. The third-order valence-electron chi connectivity index (χ3n) is 3.30. The minimum Gasteiger partial charge on any atom is -0.322 e. The summed E-state index contributed by atoms with van der Waals surface area (Å²) in [4.78, 5) is 24.9. The quantitative estimate of drug-likeness (QED) is 0.671. The normalized spacial score (nSPS) is 10.3. The Morgan fingerprint density at radius 3 is 2.28 bits per heavy atom. The molecule has 2 amide bonds. The molecular weight excluding hydrogens is 363 g/mol. The van der Waals surface area contributed by atoms with Crippen LogP contribution in [0, 0.1) is 5.82 Å². The van der Waals surface area contributed by atoms with Gasteiger partial charge in [-0.1, -0.05) is 23.7 Å². The maximum absolute atomic E-state index is 13.1. The van der Waals surface area contributed by atoms with Crippen molar-refractivity contribution in [3.63, 3.8) is 0 Å². The number of thiophene rings is 1. The molecule has 4 nitrogen and oxygen atoms in total. The van der Waals surface area contributed by atoms with E-state index in [-0.39, 0.29) is 16.5 Å². The number of hydrogen-bond acceptors (Lipinski definition) is 3. The highest BCUT2D eigenvalue weighted by Crippen LogP contribution is 2.21. The highest BCUT2D eigenvalue weighted by molar-refractivity contribution is 7.12. The fourth-order valence-electron chi connectivity index (χ4n) is 2.15. The van der Waals surface area contributed by atoms with Crippen molar-refractivity contribution >= 4 is 46.1 Å². The van der Waals surface area contributed by atoms with Gasteiger partial charge in [0, 0.05) is 11.4 Å². The Balaban J connectivity index is 1.73. The van der Waals surface area contributed by atoms with Crippen molar-refractivity contribution in [2.75, 3.05) is 10.6 Å². The van der Waals surface area contributed by atoms with E-state index in [4.69, 9.17) is 11.6 Å². The van der Waals surface area contributed by atoms with Gasteiger partial charge in [-0.15, -0.1) is 11.3 Å². The second kappa shape index (κ2) is 7.46. The standard InChI is InChI=1S/C18H12ClFN2O2S/c19-15-9-11(20)6-7-14(15)17(23)21-12-3-1-4-13(10-12)22-18(24)16-5-2-8-25-16/h1-10H,(H,21,23)(H,22,24). The van der Waals surface area contributed by atoms with Crippen LogP contribution in [0.4, 0.5) is 15.8 Å². The molecule has 2 N–H and O–H groups in total. The minimum absolute atomic E-state index is 0.0275. The van der Waals surface area contributed by atoms with E-state index < -0.39 is 11.7 Å². The largest absolute Gasteiger partial charge is 0.322 e. The maximum Gasteiger partial charge on any atom is 0.265 e. The van der Waals surface area contributed by atoms with Crippen LogP contribution in [0.5, 0.6) is 0 Å². The average molecular weight is 375 g/mol. The predicted molar refractivity (Wildman–Crippen MR) is 98.1 cm³/mol. The third-order valence-corrected chi connectivity index (χ3v) is 4.48. The van der Waals surface area contributed by atoms with Gasteiger partial charge in [-0.25, -0.2) is 4.39 Å². The molecule has 0 aliphatic heterocycles. The van der Waals surface area contributed by atoms with E-state index in [0.29, 0.717) is 16.3 Å². The molecule has 3 rings (SSSR count). The van der Waals surface area contributed by atoms with Crippen molar-refractivity contribution in [1.29, 1.82) is 0 Å². The van der Waals surface area contributed by atoms with Gasteiger partial charge < -0.3 is 10.6 Å². The van der Waals surface area contributed by atoms with Crippen LogP contribution in [0.3, 0.4) is 0 Å². The predicted octanol–water partition coefficient (Wildman–Crippen LogP) is 5.05. The second-order valence-corrected chi connectivity index (χ2v) is 6.45.